The molecule has 6 nitrogen and oxygen atoms in total. The van der Waals surface area contributed by atoms with E-state index >= 15 is 0 Å². The normalized spacial score (nSPS) is 18.5. The van der Waals surface area contributed by atoms with Crippen molar-refractivity contribution in [3.63, 3.8) is 0 Å². The van der Waals surface area contributed by atoms with Crippen LogP contribution < -0.4 is 0 Å². The highest BCUT2D eigenvalue weighted by Crippen LogP contribution is 2.31. The molecule has 0 bridgehead atoms. The van der Waals surface area contributed by atoms with Crippen LogP contribution in [0.5, 0.6) is 0 Å². The Morgan fingerprint density at radius 3 is 2.15 bits per heavy atom. The number of hydrogen-bond acceptors (Lipinski definition) is 6. The first kappa shape index (κ1) is 17.0. The molecule has 0 atom stereocenters. The van der Waals surface area contributed by atoms with Crippen LogP contribution in [0.2, 0.25) is 0 Å². The molecule has 0 aliphatic carbocycles. The molecule has 0 unspecified atom stereocenters. The third kappa shape index (κ3) is 4.23. The lowest BCUT2D eigenvalue weighted by Crippen LogP contribution is -2.58. The van der Waals surface area contributed by atoms with Crippen molar-refractivity contribution in [2.45, 2.75) is 37.1 Å². The van der Waals surface area contributed by atoms with Crippen LogP contribution in [-0.2, 0) is 19.3 Å². The molecule has 0 N–H and O–H groups in total. The number of carbonyl (C=O) groups is 1. The zero-order chi connectivity index (χ0) is 15.8. The van der Waals surface area contributed by atoms with Gasteiger partial charge in [0.25, 0.3) is 9.84 Å². The highest BCUT2D eigenvalue weighted by atomic mass is 32.2. The SMILES string of the molecule is CC(C)(C)OC(=O)OCN1CC(S(=O)(=O)C(F)(F)F)C1. The molecule has 0 spiro atoms. The molecule has 1 aliphatic heterocycles. The Morgan fingerprint density at radius 1 is 1.25 bits per heavy atom. The van der Waals surface area contributed by atoms with E-state index in [0.717, 1.165) is 0 Å². The van der Waals surface area contributed by atoms with Gasteiger partial charge in [-0.15, -0.1) is 0 Å². The molecule has 1 fully saturated rings. The fourth-order valence-corrected chi connectivity index (χ4v) is 2.63. The smallest absolute Gasteiger partial charge is 0.429 e. The zero-order valence-electron chi connectivity index (χ0n) is 11.2. The first-order valence-electron chi connectivity index (χ1n) is 5.71. The summed E-state index contributed by atoms with van der Waals surface area (Å²) in [5.74, 6) is 0. The van der Waals surface area contributed by atoms with E-state index in [1.165, 1.54) is 4.90 Å². The predicted molar refractivity (Wildman–Crippen MR) is 62.5 cm³/mol. The van der Waals surface area contributed by atoms with E-state index < -0.39 is 32.4 Å². The minimum atomic E-state index is -5.25. The van der Waals surface area contributed by atoms with E-state index in [-0.39, 0.29) is 19.8 Å². The number of rotatable bonds is 3. The fourth-order valence-electron chi connectivity index (χ4n) is 1.44. The van der Waals surface area contributed by atoms with Gasteiger partial charge in [0.05, 0.1) is 5.25 Å². The molecule has 0 radical (unpaired) electrons. The van der Waals surface area contributed by atoms with Crippen LogP contribution in [0.15, 0.2) is 0 Å². The van der Waals surface area contributed by atoms with Crippen LogP contribution in [0.25, 0.3) is 0 Å². The Labute approximate surface area is 114 Å². The average molecular weight is 319 g/mol. The van der Waals surface area contributed by atoms with Gasteiger partial charge in [0.15, 0.2) is 0 Å². The van der Waals surface area contributed by atoms with E-state index in [1.807, 2.05) is 0 Å². The van der Waals surface area contributed by atoms with Crippen LogP contribution in [-0.4, -0.2) is 55.7 Å². The summed E-state index contributed by atoms with van der Waals surface area (Å²) in [5, 5.41) is -1.51. The molecule has 20 heavy (non-hydrogen) atoms. The number of ether oxygens (including phenoxy) is 2. The number of likely N-dealkylation sites (tertiary alicyclic amines) is 1. The lowest BCUT2D eigenvalue weighted by Gasteiger charge is -2.37. The molecule has 0 saturated carbocycles. The van der Waals surface area contributed by atoms with Gasteiger partial charge in [-0.1, -0.05) is 0 Å². The molecule has 0 amide bonds. The van der Waals surface area contributed by atoms with E-state index in [0.29, 0.717) is 0 Å². The Bertz CT molecular complexity index is 462. The predicted octanol–water partition coefficient (Wildman–Crippen LogP) is 1.51. The van der Waals surface area contributed by atoms with Crippen LogP contribution in [0, 0.1) is 0 Å². The summed E-state index contributed by atoms with van der Waals surface area (Å²) >= 11 is 0. The molecule has 0 aromatic carbocycles. The van der Waals surface area contributed by atoms with Crippen molar-refractivity contribution in [3.8, 4) is 0 Å². The van der Waals surface area contributed by atoms with Gasteiger partial charge in [-0.3, -0.25) is 4.90 Å². The molecule has 0 aromatic rings. The van der Waals surface area contributed by atoms with E-state index in [1.54, 1.807) is 20.8 Å². The second-order valence-corrected chi connectivity index (χ2v) is 7.61. The standard InChI is InChI=1S/C10H16F3NO5S/c1-9(2,3)19-8(15)18-6-14-4-7(5-14)20(16,17)10(11,12)13/h7H,4-6H2,1-3H3. The van der Waals surface area contributed by atoms with Crippen molar-refractivity contribution in [2.75, 3.05) is 19.8 Å². The van der Waals surface area contributed by atoms with Crippen LogP contribution in [0.4, 0.5) is 18.0 Å². The van der Waals surface area contributed by atoms with Crippen LogP contribution >= 0.6 is 0 Å². The van der Waals surface area contributed by atoms with E-state index in [4.69, 9.17) is 4.74 Å². The quantitative estimate of drug-likeness (QED) is 0.734. The zero-order valence-corrected chi connectivity index (χ0v) is 12.0. The summed E-state index contributed by atoms with van der Waals surface area (Å²) in [6, 6.07) is 0. The van der Waals surface area contributed by atoms with Gasteiger partial charge in [0.2, 0.25) is 0 Å². The number of carbonyl (C=O) groups excluding carboxylic acids is 1. The first-order chi connectivity index (χ1) is 8.83. The highest BCUT2D eigenvalue weighted by Gasteiger charge is 2.54. The molecule has 1 saturated heterocycles. The second-order valence-electron chi connectivity index (χ2n) is 5.39. The molecular weight excluding hydrogens is 303 g/mol. The topological polar surface area (TPSA) is 72.9 Å². The third-order valence-corrected chi connectivity index (χ3v) is 4.26. The molecule has 0 aromatic heterocycles. The van der Waals surface area contributed by atoms with Gasteiger partial charge in [-0.2, -0.15) is 13.2 Å². The van der Waals surface area contributed by atoms with Crippen LogP contribution in [0.3, 0.4) is 0 Å². The van der Waals surface area contributed by atoms with Crippen molar-refractivity contribution in [1.82, 2.24) is 4.90 Å². The molecule has 118 valence electrons. The van der Waals surface area contributed by atoms with Crippen molar-refractivity contribution in [1.29, 1.82) is 0 Å². The lowest BCUT2D eigenvalue weighted by molar-refractivity contribution is -0.0538. The minimum absolute atomic E-state index is 0.307. The van der Waals surface area contributed by atoms with Crippen molar-refractivity contribution >= 4 is 16.0 Å². The Hall–Kier alpha value is -1.03. The summed E-state index contributed by atoms with van der Waals surface area (Å²) in [4.78, 5) is 12.4. The monoisotopic (exact) mass is 319 g/mol. The van der Waals surface area contributed by atoms with Gasteiger partial charge in [0, 0.05) is 13.1 Å². The molecule has 1 aliphatic rings. The Morgan fingerprint density at radius 2 is 1.75 bits per heavy atom. The molecule has 1 heterocycles. The lowest BCUT2D eigenvalue weighted by atomic mass is 10.2. The van der Waals surface area contributed by atoms with Crippen molar-refractivity contribution in [2.24, 2.45) is 0 Å². The van der Waals surface area contributed by atoms with Gasteiger partial charge < -0.3 is 9.47 Å². The first-order valence-corrected chi connectivity index (χ1v) is 7.26. The summed E-state index contributed by atoms with van der Waals surface area (Å²) in [7, 11) is -5.15. The summed E-state index contributed by atoms with van der Waals surface area (Å²) < 4.78 is 68.2. The maximum absolute atomic E-state index is 12.2. The molecule has 1 rings (SSSR count). The summed E-state index contributed by atoms with van der Waals surface area (Å²) in [6.07, 6.45) is -0.959. The number of halogens is 3. The summed E-state index contributed by atoms with van der Waals surface area (Å²) in [5.41, 5.74) is -6.00. The molecule has 10 heteroatoms. The number of hydrogen-bond donors (Lipinski definition) is 0. The van der Waals surface area contributed by atoms with Gasteiger partial charge in [-0.25, -0.2) is 13.2 Å². The average Bonchev–Trinajstić information content (AvgIpc) is 2.09. The summed E-state index contributed by atoms with van der Waals surface area (Å²) in [6.45, 7) is 3.92. The number of nitrogens with zero attached hydrogens (tertiary/aromatic N) is 1. The third-order valence-electron chi connectivity index (χ3n) is 2.44. The van der Waals surface area contributed by atoms with Crippen molar-refractivity contribution < 1.29 is 35.9 Å². The maximum Gasteiger partial charge on any atom is 0.510 e. The number of alkyl halides is 3. The number of sulfone groups is 1. The van der Waals surface area contributed by atoms with Gasteiger partial charge in [-0.05, 0) is 20.8 Å². The largest absolute Gasteiger partial charge is 0.510 e. The second kappa shape index (κ2) is 5.40. The van der Waals surface area contributed by atoms with Gasteiger partial charge >= 0.3 is 11.7 Å². The Kier molecular flexibility index (Phi) is 4.59. The fraction of sp³-hybridized carbons (Fsp3) is 0.900. The maximum atomic E-state index is 12.2. The Balaban J connectivity index is 2.35. The highest BCUT2D eigenvalue weighted by molar-refractivity contribution is 7.93. The van der Waals surface area contributed by atoms with Gasteiger partial charge in [0.1, 0.15) is 12.3 Å². The molecular formula is C10H16F3NO5S. The van der Waals surface area contributed by atoms with E-state index in [2.05, 4.69) is 4.74 Å². The minimum Gasteiger partial charge on any atom is -0.429 e. The van der Waals surface area contributed by atoms with E-state index in [9.17, 15) is 26.4 Å². The van der Waals surface area contributed by atoms with Crippen molar-refractivity contribution in [3.05, 3.63) is 0 Å². The van der Waals surface area contributed by atoms with Crippen LogP contribution in [0.1, 0.15) is 20.8 Å².